The molecule has 3 rings (SSSR count). The monoisotopic (exact) mass is 404 g/mol. The fourth-order valence-electron chi connectivity index (χ4n) is 2.66. The lowest BCUT2D eigenvalue weighted by Crippen LogP contribution is -2.37. The predicted molar refractivity (Wildman–Crippen MR) is 103 cm³/mol. The topological polar surface area (TPSA) is 133 Å². The van der Waals surface area contributed by atoms with Crippen molar-refractivity contribution < 1.29 is 22.8 Å². The van der Waals surface area contributed by atoms with Crippen molar-refractivity contribution in [2.24, 2.45) is 10.9 Å². The molecule has 0 bridgehead atoms. The number of nitrogens with zero attached hydrogens (tertiary/aromatic N) is 2. The molecular weight excluding hydrogens is 384 g/mol. The number of carbonyl (C=O) groups excluding carboxylic acids is 1. The lowest BCUT2D eigenvalue weighted by molar-refractivity contribution is -0.126. The van der Waals surface area contributed by atoms with Gasteiger partial charge in [0, 0.05) is 12.2 Å². The molecule has 148 valence electrons. The number of amidine groups is 1. The van der Waals surface area contributed by atoms with E-state index in [-0.39, 0.29) is 29.8 Å². The minimum absolute atomic E-state index is 0.00437. The Morgan fingerprint density at radius 3 is 2.75 bits per heavy atom. The van der Waals surface area contributed by atoms with E-state index in [1.165, 1.54) is 0 Å². The molecule has 28 heavy (non-hydrogen) atoms. The summed E-state index contributed by atoms with van der Waals surface area (Å²) in [5.41, 5.74) is 6.34. The van der Waals surface area contributed by atoms with Crippen LogP contribution in [0.5, 0.6) is 11.6 Å². The van der Waals surface area contributed by atoms with Gasteiger partial charge in [0.15, 0.2) is 22.3 Å². The molecule has 1 fully saturated rings. The van der Waals surface area contributed by atoms with Gasteiger partial charge in [0.25, 0.3) is 5.91 Å². The first kappa shape index (κ1) is 19.6. The van der Waals surface area contributed by atoms with Gasteiger partial charge in [0.1, 0.15) is 5.75 Å². The number of nitrogens with one attached hydrogen (secondary N) is 1. The molecule has 0 radical (unpaired) electrons. The largest absolute Gasteiger partial charge is 0.438 e. The van der Waals surface area contributed by atoms with Crippen molar-refractivity contribution in [2.45, 2.75) is 12.5 Å². The van der Waals surface area contributed by atoms with Gasteiger partial charge in [-0.2, -0.15) is 0 Å². The first-order valence-electron chi connectivity index (χ1n) is 8.56. The number of oxime groups is 1. The van der Waals surface area contributed by atoms with E-state index in [1.807, 2.05) is 18.2 Å². The van der Waals surface area contributed by atoms with E-state index in [9.17, 15) is 13.2 Å². The van der Waals surface area contributed by atoms with E-state index in [1.54, 1.807) is 30.5 Å². The molecule has 0 spiro atoms. The molecule has 1 atom stereocenters. The Kier molecular flexibility index (Phi) is 6.09. The summed E-state index contributed by atoms with van der Waals surface area (Å²) in [6.45, 7) is -0.383. The minimum atomic E-state index is -3.07. The second-order valence-electron chi connectivity index (χ2n) is 6.19. The maximum atomic E-state index is 11.9. The summed E-state index contributed by atoms with van der Waals surface area (Å²) in [7, 11) is -3.07. The third-order valence-electron chi connectivity index (χ3n) is 3.96. The van der Waals surface area contributed by atoms with Crippen LogP contribution >= 0.6 is 0 Å². The lowest BCUT2D eigenvalue weighted by Gasteiger charge is -2.11. The fraction of sp³-hybridized carbons (Fsp3) is 0.278. The van der Waals surface area contributed by atoms with Gasteiger partial charge in [-0.15, -0.1) is 0 Å². The van der Waals surface area contributed by atoms with Crippen molar-refractivity contribution in [3.8, 4) is 11.6 Å². The van der Waals surface area contributed by atoms with Crippen LogP contribution in [-0.4, -0.2) is 49.3 Å². The number of para-hydroxylation sites is 1. The number of ether oxygens (including phenoxy) is 1. The molecule has 1 amide bonds. The second-order valence-corrected chi connectivity index (χ2v) is 8.42. The Labute approximate surface area is 162 Å². The van der Waals surface area contributed by atoms with Crippen LogP contribution in [0.3, 0.4) is 0 Å². The van der Waals surface area contributed by atoms with Crippen LogP contribution in [-0.2, 0) is 19.5 Å². The van der Waals surface area contributed by atoms with Gasteiger partial charge in [0.05, 0.1) is 17.1 Å². The Morgan fingerprint density at radius 2 is 2.04 bits per heavy atom. The SMILES string of the molecule is N/C(=N/OCC(=O)NC1CCS(=O)(=O)C1)c1cccnc1Oc1ccccc1. The quantitative estimate of drug-likeness (QED) is 0.396. The highest BCUT2D eigenvalue weighted by Gasteiger charge is 2.28. The first-order chi connectivity index (χ1) is 13.4. The van der Waals surface area contributed by atoms with E-state index >= 15 is 0 Å². The summed E-state index contributed by atoms with van der Waals surface area (Å²) in [5.74, 6) is 0.386. The highest BCUT2D eigenvalue weighted by molar-refractivity contribution is 7.91. The van der Waals surface area contributed by atoms with Crippen LogP contribution in [0.2, 0.25) is 0 Å². The summed E-state index contributed by atoms with van der Waals surface area (Å²) in [6, 6.07) is 12.0. The average Bonchev–Trinajstić information content (AvgIpc) is 3.01. The van der Waals surface area contributed by atoms with Gasteiger partial charge in [-0.25, -0.2) is 13.4 Å². The molecule has 2 aromatic rings. The van der Waals surface area contributed by atoms with Gasteiger partial charge >= 0.3 is 0 Å². The third kappa shape index (κ3) is 5.43. The van der Waals surface area contributed by atoms with E-state index < -0.39 is 21.8 Å². The molecule has 3 N–H and O–H groups in total. The van der Waals surface area contributed by atoms with Gasteiger partial charge in [-0.1, -0.05) is 23.4 Å². The Balaban J connectivity index is 1.57. The van der Waals surface area contributed by atoms with Gasteiger partial charge in [-0.05, 0) is 30.7 Å². The molecule has 9 nitrogen and oxygen atoms in total. The van der Waals surface area contributed by atoms with Crippen LogP contribution in [0.1, 0.15) is 12.0 Å². The second kappa shape index (κ2) is 8.70. The molecule has 0 saturated carbocycles. The maximum absolute atomic E-state index is 11.9. The average molecular weight is 404 g/mol. The summed E-state index contributed by atoms with van der Waals surface area (Å²) in [5, 5.41) is 6.34. The van der Waals surface area contributed by atoms with Crippen LogP contribution in [0.4, 0.5) is 0 Å². The molecular formula is C18H20N4O5S. The number of amides is 1. The molecule has 0 aliphatic carbocycles. The van der Waals surface area contributed by atoms with E-state index in [0.717, 1.165) is 0 Å². The van der Waals surface area contributed by atoms with Crippen LogP contribution in [0.25, 0.3) is 0 Å². The number of hydrogen-bond acceptors (Lipinski definition) is 7. The lowest BCUT2D eigenvalue weighted by atomic mass is 10.2. The molecule has 2 heterocycles. The zero-order valence-corrected chi connectivity index (χ0v) is 15.8. The molecule has 1 saturated heterocycles. The highest BCUT2D eigenvalue weighted by Crippen LogP contribution is 2.22. The van der Waals surface area contributed by atoms with E-state index in [4.69, 9.17) is 15.3 Å². The van der Waals surface area contributed by atoms with Crippen molar-refractivity contribution in [3.05, 3.63) is 54.2 Å². The summed E-state index contributed by atoms with van der Waals surface area (Å²) >= 11 is 0. The van der Waals surface area contributed by atoms with Crippen LogP contribution in [0, 0.1) is 0 Å². The Morgan fingerprint density at radius 1 is 1.25 bits per heavy atom. The van der Waals surface area contributed by atoms with E-state index in [2.05, 4.69) is 15.5 Å². The molecule has 1 unspecified atom stereocenters. The smallest absolute Gasteiger partial charge is 0.261 e. The number of rotatable bonds is 7. The van der Waals surface area contributed by atoms with Crippen LogP contribution < -0.4 is 15.8 Å². The number of nitrogens with two attached hydrogens (primary N) is 1. The van der Waals surface area contributed by atoms with Gasteiger partial charge in [-0.3, -0.25) is 4.79 Å². The van der Waals surface area contributed by atoms with Crippen LogP contribution in [0.15, 0.2) is 53.8 Å². The first-order valence-corrected chi connectivity index (χ1v) is 10.4. The van der Waals surface area contributed by atoms with Gasteiger partial charge in [0.2, 0.25) is 5.88 Å². The molecule has 1 aliphatic rings. The molecule has 1 aromatic carbocycles. The predicted octanol–water partition coefficient (Wildman–Crippen LogP) is 0.814. The molecule has 1 aliphatic heterocycles. The summed E-state index contributed by atoms with van der Waals surface area (Å²) < 4.78 is 28.5. The minimum Gasteiger partial charge on any atom is -0.438 e. The Hall–Kier alpha value is -3.14. The van der Waals surface area contributed by atoms with E-state index in [0.29, 0.717) is 17.7 Å². The normalized spacial score (nSPS) is 18.4. The highest BCUT2D eigenvalue weighted by atomic mass is 32.2. The van der Waals surface area contributed by atoms with Gasteiger partial charge < -0.3 is 20.6 Å². The fourth-order valence-corrected chi connectivity index (χ4v) is 4.33. The van der Waals surface area contributed by atoms with Crippen molar-refractivity contribution >= 4 is 21.6 Å². The zero-order chi connectivity index (χ0) is 20.0. The molecule has 1 aromatic heterocycles. The maximum Gasteiger partial charge on any atom is 0.261 e. The number of carbonyl (C=O) groups is 1. The number of aromatic nitrogens is 1. The standard InChI is InChI=1S/C18H20N4O5S/c19-17(22-26-11-16(23)21-13-8-10-28(24,25)12-13)15-7-4-9-20-18(15)27-14-5-2-1-3-6-14/h1-7,9,13H,8,10-12H2,(H2,19,22)(H,21,23). The number of benzene rings is 1. The number of pyridine rings is 1. The Bertz CT molecular complexity index is 963. The summed E-state index contributed by atoms with van der Waals surface area (Å²) in [6.07, 6.45) is 1.95. The van der Waals surface area contributed by atoms with Crippen molar-refractivity contribution in [2.75, 3.05) is 18.1 Å². The van der Waals surface area contributed by atoms with Crippen molar-refractivity contribution in [1.29, 1.82) is 0 Å². The van der Waals surface area contributed by atoms with Crippen molar-refractivity contribution in [3.63, 3.8) is 0 Å². The zero-order valence-electron chi connectivity index (χ0n) is 14.9. The third-order valence-corrected chi connectivity index (χ3v) is 5.73. The van der Waals surface area contributed by atoms with Crippen molar-refractivity contribution in [1.82, 2.24) is 10.3 Å². The summed E-state index contributed by atoms with van der Waals surface area (Å²) in [4.78, 5) is 21.0. The number of hydrogen-bond donors (Lipinski definition) is 2. The number of sulfone groups is 1. The molecule has 10 heteroatoms.